The molecule has 7 nitrogen and oxygen atoms in total. The van der Waals surface area contributed by atoms with Crippen molar-refractivity contribution in [3.05, 3.63) is 84.7 Å². The number of nitrogens with zero attached hydrogens (tertiary/aromatic N) is 1. The van der Waals surface area contributed by atoms with E-state index in [2.05, 4.69) is 10.6 Å². The molecule has 0 aliphatic rings. The topological polar surface area (TPSA) is 89.4 Å². The quantitative estimate of drug-likeness (QED) is 0.667. The summed E-state index contributed by atoms with van der Waals surface area (Å²) in [5, 5.41) is 4.66. The standard InChI is InChI=1S/C21H19N3O4/c1-15(19(25)23-21(27)22-17-7-3-2-4-8-17)28-20(26)16-9-11-18(12-10-16)24-13-5-6-14-24/h2-15H,1H3,(H2,22,23,25,27). The molecule has 0 spiro atoms. The van der Waals surface area contributed by atoms with E-state index < -0.39 is 24.0 Å². The number of aromatic nitrogens is 1. The van der Waals surface area contributed by atoms with E-state index in [0.29, 0.717) is 11.3 Å². The maximum atomic E-state index is 12.2. The van der Waals surface area contributed by atoms with Gasteiger partial charge in [0.25, 0.3) is 5.91 Å². The molecule has 0 bridgehead atoms. The molecular formula is C21H19N3O4. The smallest absolute Gasteiger partial charge is 0.338 e. The molecule has 0 radical (unpaired) electrons. The summed E-state index contributed by atoms with van der Waals surface area (Å²) in [5.41, 5.74) is 1.74. The number of carbonyl (C=O) groups excluding carboxylic acids is 3. The van der Waals surface area contributed by atoms with Gasteiger partial charge in [0.2, 0.25) is 0 Å². The van der Waals surface area contributed by atoms with Crippen LogP contribution in [0.1, 0.15) is 17.3 Å². The molecule has 0 fully saturated rings. The zero-order valence-corrected chi connectivity index (χ0v) is 15.2. The molecule has 7 heteroatoms. The summed E-state index contributed by atoms with van der Waals surface area (Å²) in [6.07, 6.45) is 2.65. The van der Waals surface area contributed by atoms with E-state index >= 15 is 0 Å². The van der Waals surface area contributed by atoms with Crippen molar-refractivity contribution in [2.24, 2.45) is 0 Å². The van der Waals surface area contributed by atoms with Gasteiger partial charge in [-0.25, -0.2) is 9.59 Å². The Morgan fingerprint density at radius 3 is 2.18 bits per heavy atom. The number of hydrogen-bond acceptors (Lipinski definition) is 4. The summed E-state index contributed by atoms with van der Waals surface area (Å²) in [6, 6.07) is 18.6. The van der Waals surface area contributed by atoms with Crippen molar-refractivity contribution in [2.75, 3.05) is 5.32 Å². The maximum Gasteiger partial charge on any atom is 0.338 e. The van der Waals surface area contributed by atoms with Gasteiger partial charge in [-0.15, -0.1) is 0 Å². The van der Waals surface area contributed by atoms with E-state index in [1.54, 1.807) is 54.6 Å². The predicted octanol–water partition coefficient (Wildman–Crippen LogP) is 3.37. The second-order valence-electron chi connectivity index (χ2n) is 5.99. The third-order valence-electron chi connectivity index (χ3n) is 3.93. The first kappa shape index (κ1) is 18.9. The normalized spacial score (nSPS) is 11.3. The Morgan fingerprint density at radius 2 is 1.54 bits per heavy atom. The number of nitrogens with one attached hydrogen (secondary N) is 2. The van der Waals surface area contributed by atoms with Crippen molar-refractivity contribution < 1.29 is 19.1 Å². The highest BCUT2D eigenvalue weighted by molar-refractivity contribution is 6.03. The van der Waals surface area contributed by atoms with E-state index in [1.807, 2.05) is 29.1 Å². The Kier molecular flexibility index (Phi) is 5.86. The Bertz CT molecular complexity index is 951. The number of benzene rings is 2. The number of esters is 1. The third kappa shape index (κ3) is 4.85. The Hall–Kier alpha value is -3.87. The minimum absolute atomic E-state index is 0.310. The zero-order valence-electron chi connectivity index (χ0n) is 15.2. The lowest BCUT2D eigenvalue weighted by atomic mass is 10.2. The second-order valence-corrected chi connectivity index (χ2v) is 5.99. The molecule has 0 saturated heterocycles. The van der Waals surface area contributed by atoms with Crippen LogP contribution in [0.3, 0.4) is 0 Å². The first-order valence-corrected chi connectivity index (χ1v) is 8.64. The van der Waals surface area contributed by atoms with Crippen LogP contribution in [0.4, 0.5) is 10.5 Å². The molecule has 0 aliphatic carbocycles. The van der Waals surface area contributed by atoms with Crippen molar-refractivity contribution in [3.8, 4) is 5.69 Å². The molecule has 2 aromatic carbocycles. The molecule has 3 amide bonds. The van der Waals surface area contributed by atoms with Gasteiger partial charge in [-0.05, 0) is 55.5 Å². The molecule has 0 saturated carbocycles. The fourth-order valence-corrected chi connectivity index (χ4v) is 2.46. The summed E-state index contributed by atoms with van der Waals surface area (Å²) in [5.74, 6) is -1.36. The fraction of sp³-hybridized carbons (Fsp3) is 0.0952. The van der Waals surface area contributed by atoms with Crippen LogP contribution < -0.4 is 10.6 Å². The monoisotopic (exact) mass is 377 g/mol. The number of rotatable bonds is 5. The zero-order chi connectivity index (χ0) is 19.9. The molecule has 1 heterocycles. The van der Waals surface area contributed by atoms with E-state index in [9.17, 15) is 14.4 Å². The van der Waals surface area contributed by atoms with Gasteiger partial charge in [-0.2, -0.15) is 0 Å². The average Bonchev–Trinajstić information content (AvgIpc) is 3.23. The Balaban J connectivity index is 1.53. The highest BCUT2D eigenvalue weighted by atomic mass is 16.5. The molecule has 0 aliphatic heterocycles. The maximum absolute atomic E-state index is 12.2. The summed E-state index contributed by atoms with van der Waals surface area (Å²) in [7, 11) is 0. The first-order valence-electron chi connectivity index (χ1n) is 8.64. The minimum Gasteiger partial charge on any atom is -0.449 e. The number of carbonyl (C=O) groups is 3. The molecule has 3 aromatic rings. The largest absolute Gasteiger partial charge is 0.449 e. The van der Waals surface area contributed by atoms with E-state index in [1.165, 1.54) is 6.92 Å². The number of imide groups is 1. The molecular weight excluding hydrogens is 358 g/mol. The van der Waals surface area contributed by atoms with Gasteiger partial charge >= 0.3 is 12.0 Å². The fourth-order valence-electron chi connectivity index (χ4n) is 2.46. The van der Waals surface area contributed by atoms with E-state index in [0.717, 1.165) is 5.69 Å². The van der Waals surface area contributed by atoms with Crippen LogP contribution in [0.2, 0.25) is 0 Å². The van der Waals surface area contributed by atoms with Crippen LogP contribution in [0.15, 0.2) is 79.1 Å². The van der Waals surface area contributed by atoms with Crippen LogP contribution in [0.5, 0.6) is 0 Å². The summed E-state index contributed by atoms with van der Waals surface area (Å²) >= 11 is 0. The Labute approximate surface area is 161 Å². The summed E-state index contributed by atoms with van der Waals surface area (Å²) in [6.45, 7) is 1.40. The number of anilines is 1. The van der Waals surface area contributed by atoms with Crippen LogP contribution in [0.25, 0.3) is 5.69 Å². The van der Waals surface area contributed by atoms with Crippen molar-refractivity contribution in [2.45, 2.75) is 13.0 Å². The first-order chi connectivity index (χ1) is 13.5. The van der Waals surface area contributed by atoms with Crippen molar-refractivity contribution in [1.29, 1.82) is 0 Å². The highest BCUT2D eigenvalue weighted by Crippen LogP contribution is 2.12. The van der Waals surface area contributed by atoms with Crippen molar-refractivity contribution >= 4 is 23.6 Å². The van der Waals surface area contributed by atoms with Crippen LogP contribution in [0, 0.1) is 0 Å². The molecule has 1 unspecified atom stereocenters. The van der Waals surface area contributed by atoms with Gasteiger partial charge in [0.15, 0.2) is 6.10 Å². The van der Waals surface area contributed by atoms with Gasteiger partial charge in [-0.3, -0.25) is 10.1 Å². The van der Waals surface area contributed by atoms with Crippen molar-refractivity contribution in [1.82, 2.24) is 9.88 Å². The second kappa shape index (κ2) is 8.68. The Morgan fingerprint density at radius 1 is 0.893 bits per heavy atom. The van der Waals surface area contributed by atoms with Gasteiger partial charge in [0.05, 0.1) is 5.56 Å². The molecule has 2 N–H and O–H groups in total. The van der Waals surface area contributed by atoms with E-state index in [4.69, 9.17) is 4.74 Å². The lowest BCUT2D eigenvalue weighted by molar-refractivity contribution is -0.127. The average molecular weight is 377 g/mol. The van der Waals surface area contributed by atoms with Crippen LogP contribution in [-0.4, -0.2) is 28.6 Å². The number of ether oxygens (including phenoxy) is 1. The number of urea groups is 1. The highest BCUT2D eigenvalue weighted by Gasteiger charge is 2.21. The van der Waals surface area contributed by atoms with Gasteiger partial charge in [0.1, 0.15) is 0 Å². The number of hydrogen-bond donors (Lipinski definition) is 2. The molecule has 1 atom stereocenters. The molecule has 142 valence electrons. The number of para-hydroxylation sites is 1. The summed E-state index contributed by atoms with van der Waals surface area (Å²) in [4.78, 5) is 36.1. The lowest BCUT2D eigenvalue weighted by Crippen LogP contribution is -2.41. The molecule has 3 rings (SSSR count). The SMILES string of the molecule is CC(OC(=O)c1ccc(-n2cccc2)cc1)C(=O)NC(=O)Nc1ccccc1. The van der Waals surface area contributed by atoms with Gasteiger partial charge < -0.3 is 14.6 Å². The molecule has 1 aromatic heterocycles. The minimum atomic E-state index is -1.13. The van der Waals surface area contributed by atoms with Crippen molar-refractivity contribution in [3.63, 3.8) is 0 Å². The van der Waals surface area contributed by atoms with Crippen LogP contribution in [-0.2, 0) is 9.53 Å². The predicted molar refractivity (Wildman–Crippen MR) is 104 cm³/mol. The summed E-state index contributed by atoms with van der Waals surface area (Å²) < 4.78 is 7.04. The van der Waals surface area contributed by atoms with Crippen LogP contribution >= 0.6 is 0 Å². The molecule has 28 heavy (non-hydrogen) atoms. The number of amides is 3. The van der Waals surface area contributed by atoms with Gasteiger partial charge in [-0.1, -0.05) is 18.2 Å². The lowest BCUT2D eigenvalue weighted by Gasteiger charge is -2.13. The van der Waals surface area contributed by atoms with E-state index in [-0.39, 0.29) is 0 Å². The third-order valence-corrected chi connectivity index (χ3v) is 3.93. The van der Waals surface area contributed by atoms with Gasteiger partial charge in [0, 0.05) is 23.8 Å².